The normalized spacial score (nSPS) is 22.1. The second-order valence-electron chi connectivity index (χ2n) is 6.09. The topological polar surface area (TPSA) is 57.2 Å². The van der Waals surface area contributed by atoms with Crippen LogP contribution < -0.4 is 15.1 Å². The lowest BCUT2D eigenvalue weighted by molar-refractivity contribution is 0.529. The first kappa shape index (κ1) is 14.4. The highest BCUT2D eigenvalue weighted by Gasteiger charge is 2.25. The van der Waals surface area contributed by atoms with Crippen molar-refractivity contribution in [2.75, 3.05) is 48.3 Å². The first-order chi connectivity index (χ1) is 10.3. The van der Waals surface area contributed by atoms with Crippen LogP contribution in [0.3, 0.4) is 0 Å². The van der Waals surface area contributed by atoms with E-state index < -0.39 is 0 Å². The summed E-state index contributed by atoms with van der Waals surface area (Å²) in [5.74, 6) is 3.15. The van der Waals surface area contributed by atoms with Crippen LogP contribution in [0.1, 0.15) is 39.0 Å². The fourth-order valence-electron chi connectivity index (χ4n) is 3.32. The lowest BCUT2D eigenvalue weighted by atomic mass is 10.0. The van der Waals surface area contributed by atoms with E-state index in [-0.39, 0.29) is 0 Å². The number of rotatable bonds is 5. The number of anilines is 3. The molecular weight excluding hydrogens is 264 g/mol. The van der Waals surface area contributed by atoms with Gasteiger partial charge in [-0.3, -0.25) is 0 Å². The number of aromatic nitrogens is 3. The Bertz CT molecular complexity index is 471. The second-order valence-corrected chi connectivity index (χ2v) is 6.09. The smallest absolute Gasteiger partial charge is 0.231 e. The van der Waals surface area contributed by atoms with Gasteiger partial charge in [-0.2, -0.15) is 15.0 Å². The summed E-state index contributed by atoms with van der Waals surface area (Å²) in [7, 11) is 1.87. The SMILES string of the molecule is CCCC1CCN(c2nc(NC)nc(N3CCCC3)n2)C1. The van der Waals surface area contributed by atoms with Gasteiger partial charge in [-0.1, -0.05) is 13.3 Å². The predicted molar refractivity (Wildman–Crippen MR) is 86.0 cm³/mol. The molecule has 0 bridgehead atoms. The van der Waals surface area contributed by atoms with Gasteiger partial charge < -0.3 is 15.1 Å². The van der Waals surface area contributed by atoms with Gasteiger partial charge >= 0.3 is 0 Å². The maximum atomic E-state index is 4.73. The monoisotopic (exact) mass is 290 g/mol. The van der Waals surface area contributed by atoms with E-state index in [1.54, 1.807) is 0 Å². The third-order valence-electron chi connectivity index (χ3n) is 4.49. The molecule has 0 radical (unpaired) electrons. The van der Waals surface area contributed by atoms with Crippen molar-refractivity contribution in [2.45, 2.75) is 39.0 Å². The molecule has 3 rings (SSSR count). The molecule has 1 aromatic heterocycles. The van der Waals surface area contributed by atoms with Crippen molar-refractivity contribution in [3.05, 3.63) is 0 Å². The average Bonchev–Trinajstić information content (AvgIpc) is 3.18. The second kappa shape index (κ2) is 6.45. The molecule has 1 atom stereocenters. The molecule has 116 valence electrons. The maximum absolute atomic E-state index is 4.73. The van der Waals surface area contributed by atoms with E-state index in [0.29, 0.717) is 5.95 Å². The Morgan fingerprint density at radius 2 is 1.76 bits per heavy atom. The van der Waals surface area contributed by atoms with Crippen molar-refractivity contribution < 1.29 is 0 Å². The highest BCUT2D eigenvalue weighted by Crippen LogP contribution is 2.26. The summed E-state index contributed by atoms with van der Waals surface area (Å²) in [4.78, 5) is 18.4. The Balaban J connectivity index is 1.79. The highest BCUT2D eigenvalue weighted by molar-refractivity contribution is 5.46. The Hall–Kier alpha value is -1.59. The molecule has 2 aliphatic heterocycles. The van der Waals surface area contributed by atoms with Crippen LogP contribution in [0.4, 0.5) is 17.8 Å². The molecule has 1 unspecified atom stereocenters. The highest BCUT2D eigenvalue weighted by atomic mass is 15.4. The molecule has 2 saturated heterocycles. The van der Waals surface area contributed by atoms with Crippen molar-refractivity contribution in [2.24, 2.45) is 5.92 Å². The minimum Gasteiger partial charge on any atom is -0.357 e. The van der Waals surface area contributed by atoms with Crippen LogP contribution in [0.2, 0.25) is 0 Å². The first-order valence-electron chi connectivity index (χ1n) is 8.24. The number of hydrogen-bond acceptors (Lipinski definition) is 6. The van der Waals surface area contributed by atoms with Crippen molar-refractivity contribution in [3.8, 4) is 0 Å². The standard InChI is InChI=1S/C15H26N6/c1-3-6-12-7-10-21(11-12)15-18-13(16-2)17-14(19-15)20-8-4-5-9-20/h12H,3-11H2,1-2H3,(H,16,17,18,19). The Kier molecular flexibility index (Phi) is 4.41. The van der Waals surface area contributed by atoms with Crippen molar-refractivity contribution in [3.63, 3.8) is 0 Å². The van der Waals surface area contributed by atoms with E-state index in [0.717, 1.165) is 44.0 Å². The minimum absolute atomic E-state index is 0.681. The summed E-state index contributed by atoms with van der Waals surface area (Å²) in [6.45, 7) is 6.53. The average molecular weight is 290 g/mol. The van der Waals surface area contributed by atoms with E-state index in [4.69, 9.17) is 4.98 Å². The number of hydrogen-bond donors (Lipinski definition) is 1. The summed E-state index contributed by atoms with van der Waals surface area (Å²) in [6.07, 6.45) is 6.29. The van der Waals surface area contributed by atoms with Gasteiger partial charge in [0.05, 0.1) is 0 Å². The minimum atomic E-state index is 0.681. The molecule has 1 N–H and O–H groups in total. The molecule has 2 fully saturated rings. The summed E-state index contributed by atoms with van der Waals surface area (Å²) < 4.78 is 0. The zero-order valence-electron chi connectivity index (χ0n) is 13.2. The summed E-state index contributed by atoms with van der Waals surface area (Å²) >= 11 is 0. The third kappa shape index (κ3) is 3.19. The van der Waals surface area contributed by atoms with Crippen molar-refractivity contribution in [1.82, 2.24) is 15.0 Å². The lowest BCUT2D eigenvalue weighted by Gasteiger charge is -2.21. The van der Waals surface area contributed by atoms with Crippen LogP contribution in [0.5, 0.6) is 0 Å². The molecule has 6 heteroatoms. The van der Waals surface area contributed by atoms with Crippen LogP contribution in [0, 0.1) is 5.92 Å². The van der Waals surface area contributed by atoms with Gasteiger partial charge in [0.15, 0.2) is 0 Å². The van der Waals surface area contributed by atoms with Crippen LogP contribution in [0.25, 0.3) is 0 Å². The van der Waals surface area contributed by atoms with Gasteiger partial charge in [0, 0.05) is 33.2 Å². The largest absolute Gasteiger partial charge is 0.357 e. The van der Waals surface area contributed by atoms with E-state index in [1.807, 2.05) is 7.05 Å². The number of nitrogens with zero attached hydrogens (tertiary/aromatic N) is 5. The maximum Gasteiger partial charge on any atom is 0.231 e. The van der Waals surface area contributed by atoms with E-state index in [9.17, 15) is 0 Å². The van der Waals surface area contributed by atoms with E-state index in [2.05, 4.69) is 32.0 Å². The predicted octanol–water partition coefficient (Wildman–Crippen LogP) is 2.14. The molecule has 2 aliphatic rings. The van der Waals surface area contributed by atoms with Gasteiger partial charge in [0.25, 0.3) is 0 Å². The molecule has 6 nitrogen and oxygen atoms in total. The molecule has 0 saturated carbocycles. The van der Waals surface area contributed by atoms with Crippen LogP contribution >= 0.6 is 0 Å². The van der Waals surface area contributed by atoms with Gasteiger partial charge in [0.1, 0.15) is 0 Å². The summed E-state index contributed by atoms with van der Waals surface area (Å²) in [5.41, 5.74) is 0. The van der Waals surface area contributed by atoms with Crippen molar-refractivity contribution in [1.29, 1.82) is 0 Å². The Morgan fingerprint density at radius 1 is 1.05 bits per heavy atom. The molecule has 3 heterocycles. The lowest BCUT2D eigenvalue weighted by Crippen LogP contribution is -2.26. The molecular formula is C15H26N6. The zero-order valence-corrected chi connectivity index (χ0v) is 13.2. The van der Waals surface area contributed by atoms with Gasteiger partial charge in [-0.15, -0.1) is 0 Å². The van der Waals surface area contributed by atoms with Crippen LogP contribution in [-0.2, 0) is 0 Å². The third-order valence-corrected chi connectivity index (χ3v) is 4.49. The fraction of sp³-hybridized carbons (Fsp3) is 0.800. The van der Waals surface area contributed by atoms with Crippen LogP contribution in [-0.4, -0.2) is 48.2 Å². The van der Waals surface area contributed by atoms with Gasteiger partial charge in [-0.05, 0) is 31.6 Å². The molecule has 0 amide bonds. The molecule has 21 heavy (non-hydrogen) atoms. The molecule has 0 spiro atoms. The number of nitrogens with one attached hydrogen (secondary N) is 1. The van der Waals surface area contributed by atoms with Crippen molar-refractivity contribution >= 4 is 17.8 Å². The quantitative estimate of drug-likeness (QED) is 0.896. The van der Waals surface area contributed by atoms with Gasteiger partial charge in [0.2, 0.25) is 17.8 Å². The zero-order chi connectivity index (χ0) is 14.7. The molecule has 0 aromatic carbocycles. The van der Waals surface area contributed by atoms with E-state index in [1.165, 1.54) is 32.1 Å². The summed E-state index contributed by atoms with van der Waals surface area (Å²) in [5, 5.41) is 3.08. The Morgan fingerprint density at radius 3 is 2.43 bits per heavy atom. The van der Waals surface area contributed by atoms with E-state index >= 15 is 0 Å². The fourth-order valence-corrected chi connectivity index (χ4v) is 3.32. The molecule has 0 aliphatic carbocycles. The van der Waals surface area contributed by atoms with Gasteiger partial charge in [-0.25, -0.2) is 0 Å². The summed E-state index contributed by atoms with van der Waals surface area (Å²) in [6, 6.07) is 0. The van der Waals surface area contributed by atoms with Crippen LogP contribution in [0.15, 0.2) is 0 Å². The Labute approximate surface area is 127 Å². The first-order valence-corrected chi connectivity index (χ1v) is 8.24. The molecule has 1 aromatic rings.